The smallest absolute Gasteiger partial charge is 0.255 e. The monoisotopic (exact) mass is 384 g/mol. The minimum Gasteiger partial charge on any atom is -0.472 e. The van der Waals surface area contributed by atoms with E-state index >= 15 is 0 Å². The average molecular weight is 385 g/mol. The highest BCUT2D eigenvalue weighted by atomic mass is 35.5. The SMILES string of the molecule is CC1CN(C(=O)c2cc(Cl)n(C)c2)Cc2cc(OCc3ccccc3)nn21. The summed E-state index contributed by atoms with van der Waals surface area (Å²) in [6.07, 6.45) is 1.76. The summed E-state index contributed by atoms with van der Waals surface area (Å²) in [6.45, 7) is 3.61. The summed E-state index contributed by atoms with van der Waals surface area (Å²) in [5, 5.41) is 5.11. The van der Waals surface area contributed by atoms with E-state index in [0.717, 1.165) is 11.3 Å². The molecule has 3 aromatic rings. The van der Waals surface area contributed by atoms with Crippen molar-refractivity contribution in [2.75, 3.05) is 6.54 Å². The molecular weight excluding hydrogens is 364 g/mol. The second kappa shape index (κ2) is 7.12. The molecule has 6 nitrogen and oxygen atoms in total. The molecule has 1 aromatic carbocycles. The zero-order valence-corrected chi connectivity index (χ0v) is 16.1. The van der Waals surface area contributed by atoms with Crippen molar-refractivity contribution >= 4 is 17.5 Å². The number of amides is 1. The van der Waals surface area contributed by atoms with E-state index in [1.54, 1.807) is 16.8 Å². The first kappa shape index (κ1) is 17.7. The molecule has 1 aliphatic heterocycles. The van der Waals surface area contributed by atoms with Gasteiger partial charge in [-0.15, -0.1) is 5.10 Å². The highest BCUT2D eigenvalue weighted by molar-refractivity contribution is 6.30. The minimum atomic E-state index is -0.0245. The van der Waals surface area contributed by atoms with E-state index in [4.69, 9.17) is 16.3 Å². The maximum absolute atomic E-state index is 12.8. The van der Waals surface area contributed by atoms with Crippen molar-refractivity contribution in [1.82, 2.24) is 19.2 Å². The number of hydrogen-bond acceptors (Lipinski definition) is 3. The Labute approximate surface area is 162 Å². The van der Waals surface area contributed by atoms with Crippen molar-refractivity contribution in [3.63, 3.8) is 0 Å². The third-order valence-corrected chi connectivity index (χ3v) is 5.13. The fraction of sp³-hybridized carbons (Fsp3) is 0.300. The summed E-state index contributed by atoms with van der Waals surface area (Å²) < 4.78 is 9.52. The largest absolute Gasteiger partial charge is 0.472 e. The minimum absolute atomic E-state index is 0.0245. The normalized spacial score (nSPS) is 16.3. The van der Waals surface area contributed by atoms with Crippen molar-refractivity contribution in [2.24, 2.45) is 7.05 Å². The molecule has 2 aromatic heterocycles. The number of hydrogen-bond donors (Lipinski definition) is 0. The number of nitrogens with zero attached hydrogens (tertiary/aromatic N) is 4. The zero-order chi connectivity index (χ0) is 19.0. The first-order chi connectivity index (χ1) is 13.0. The van der Waals surface area contributed by atoms with E-state index in [2.05, 4.69) is 12.0 Å². The lowest BCUT2D eigenvalue weighted by atomic mass is 10.2. The van der Waals surface area contributed by atoms with Gasteiger partial charge < -0.3 is 14.2 Å². The number of carbonyl (C=O) groups is 1. The van der Waals surface area contributed by atoms with E-state index in [-0.39, 0.29) is 11.9 Å². The van der Waals surface area contributed by atoms with Gasteiger partial charge in [0.1, 0.15) is 11.8 Å². The molecule has 4 rings (SSSR count). The Morgan fingerprint density at radius 1 is 1.30 bits per heavy atom. The molecule has 1 aliphatic rings. The van der Waals surface area contributed by atoms with Gasteiger partial charge in [0.25, 0.3) is 5.91 Å². The number of aryl methyl sites for hydroxylation is 1. The van der Waals surface area contributed by atoms with Crippen molar-refractivity contribution in [2.45, 2.75) is 26.1 Å². The number of aromatic nitrogens is 3. The van der Waals surface area contributed by atoms with Crippen LogP contribution in [0.3, 0.4) is 0 Å². The van der Waals surface area contributed by atoms with Gasteiger partial charge in [0.15, 0.2) is 0 Å². The highest BCUT2D eigenvalue weighted by Gasteiger charge is 2.28. The lowest BCUT2D eigenvalue weighted by Crippen LogP contribution is -2.40. The third-order valence-electron chi connectivity index (χ3n) is 4.75. The fourth-order valence-electron chi connectivity index (χ4n) is 3.36. The number of rotatable bonds is 4. The Hall–Kier alpha value is -2.73. The quantitative estimate of drug-likeness (QED) is 0.689. The molecule has 0 bridgehead atoms. The van der Waals surface area contributed by atoms with E-state index in [0.29, 0.717) is 36.3 Å². The number of ether oxygens (including phenoxy) is 1. The van der Waals surface area contributed by atoms with E-state index in [9.17, 15) is 4.79 Å². The molecule has 0 radical (unpaired) electrons. The first-order valence-electron chi connectivity index (χ1n) is 8.87. The Morgan fingerprint density at radius 3 is 2.78 bits per heavy atom. The van der Waals surface area contributed by atoms with Crippen LogP contribution in [-0.2, 0) is 20.2 Å². The van der Waals surface area contributed by atoms with Gasteiger partial charge in [-0.2, -0.15) is 0 Å². The summed E-state index contributed by atoms with van der Waals surface area (Å²) >= 11 is 6.07. The molecule has 1 unspecified atom stereocenters. The molecule has 0 saturated carbocycles. The van der Waals surface area contributed by atoms with Crippen molar-refractivity contribution < 1.29 is 9.53 Å². The molecule has 3 heterocycles. The zero-order valence-electron chi connectivity index (χ0n) is 15.3. The highest BCUT2D eigenvalue weighted by Crippen LogP contribution is 2.26. The van der Waals surface area contributed by atoms with Crippen LogP contribution >= 0.6 is 11.6 Å². The molecule has 0 fully saturated rings. The van der Waals surface area contributed by atoms with Gasteiger partial charge in [-0.1, -0.05) is 41.9 Å². The summed E-state index contributed by atoms with van der Waals surface area (Å²) in [5.74, 6) is 0.557. The van der Waals surface area contributed by atoms with Gasteiger partial charge >= 0.3 is 0 Å². The molecular formula is C20H21ClN4O2. The van der Waals surface area contributed by atoms with Crippen molar-refractivity contribution in [3.05, 3.63) is 70.6 Å². The number of benzene rings is 1. The van der Waals surface area contributed by atoms with Crippen LogP contribution < -0.4 is 4.74 Å². The molecule has 27 heavy (non-hydrogen) atoms. The Bertz CT molecular complexity index is 944. The second-order valence-electron chi connectivity index (χ2n) is 6.89. The molecule has 0 saturated heterocycles. The van der Waals surface area contributed by atoms with E-state index < -0.39 is 0 Å². The summed E-state index contributed by atoms with van der Waals surface area (Å²) in [6, 6.07) is 13.7. The predicted octanol–water partition coefficient (Wildman–Crippen LogP) is 3.67. The Kier molecular flexibility index (Phi) is 4.66. The van der Waals surface area contributed by atoms with Crippen LogP contribution in [0.4, 0.5) is 0 Å². The molecule has 0 spiro atoms. The van der Waals surface area contributed by atoms with Crippen LogP contribution in [0.1, 0.15) is 34.6 Å². The lowest BCUT2D eigenvalue weighted by molar-refractivity contribution is 0.0677. The van der Waals surface area contributed by atoms with Crippen LogP contribution in [-0.4, -0.2) is 31.7 Å². The summed E-state index contributed by atoms with van der Waals surface area (Å²) in [7, 11) is 1.82. The number of fused-ring (bicyclic) bond motifs is 1. The second-order valence-corrected chi connectivity index (χ2v) is 7.28. The van der Waals surface area contributed by atoms with Crippen LogP contribution in [0.5, 0.6) is 5.88 Å². The van der Waals surface area contributed by atoms with Gasteiger partial charge in [0, 0.05) is 25.9 Å². The lowest BCUT2D eigenvalue weighted by Gasteiger charge is -2.31. The molecule has 0 N–H and O–H groups in total. The predicted molar refractivity (Wildman–Crippen MR) is 103 cm³/mol. The van der Waals surface area contributed by atoms with Gasteiger partial charge in [0.05, 0.1) is 23.8 Å². The molecule has 1 atom stereocenters. The maximum atomic E-state index is 12.8. The number of halogens is 1. The maximum Gasteiger partial charge on any atom is 0.255 e. The fourth-order valence-corrected chi connectivity index (χ4v) is 3.52. The van der Waals surface area contributed by atoms with Crippen LogP contribution in [0.15, 0.2) is 48.7 Å². The van der Waals surface area contributed by atoms with Crippen LogP contribution in [0.25, 0.3) is 0 Å². The van der Waals surface area contributed by atoms with Crippen molar-refractivity contribution in [3.8, 4) is 5.88 Å². The molecule has 140 valence electrons. The molecule has 7 heteroatoms. The van der Waals surface area contributed by atoms with Gasteiger partial charge in [-0.05, 0) is 18.6 Å². The first-order valence-corrected chi connectivity index (χ1v) is 9.25. The van der Waals surface area contributed by atoms with Crippen molar-refractivity contribution in [1.29, 1.82) is 0 Å². The third kappa shape index (κ3) is 3.57. The van der Waals surface area contributed by atoms with Gasteiger partial charge in [-0.25, -0.2) is 0 Å². The van der Waals surface area contributed by atoms with E-state index in [1.807, 2.05) is 53.0 Å². The van der Waals surface area contributed by atoms with Gasteiger partial charge in [0.2, 0.25) is 5.88 Å². The Morgan fingerprint density at radius 2 is 2.07 bits per heavy atom. The summed E-state index contributed by atoms with van der Waals surface area (Å²) in [4.78, 5) is 14.7. The standard InChI is InChI=1S/C20H21ClN4O2/c1-14-10-24(20(26)16-8-18(21)23(2)11-16)12-17-9-19(22-25(14)17)27-13-15-6-4-3-5-7-15/h3-9,11,14H,10,12-13H2,1-2H3. The summed E-state index contributed by atoms with van der Waals surface area (Å²) in [5.41, 5.74) is 2.66. The molecule has 0 aliphatic carbocycles. The molecule has 1 amide bonds. The van der Waals surface area contributed by atoms with Crippen LogP contribution in [0.2, 0.25) is 5.15 Å². The average Bonchev–Trinajstić information content (AvgIpc) is 3.24. The number of carbonyl (C=O) groups excluding carboxylic acids is 1. The van der Waals surface area contributed by atoms with Crippen LogP contribution in [0, 0.1) is 0 Å². The Balaban J connectivity index is 1.48. The van der Waals surface area contributed by atoms with E-state index in [1.165, 1.54) is 0 Å². The topological polar surface area (TPSA) is 52.3 Å². The van der Waals surface area contributed by atoms with Gasteiger partial charge in [-0.3, -0.25) is 9.48 Å².